The number of benzene rings is 1. The number of hydrogen-bond donors (Lipinski definition) is 1. The maximum atomic E-state index is 5.65. The summed E-state index contributed by atoms with van der Waals surface area (Å²) >= 11 is 1.92. The first kappa shape index (κ1) is 11.6. The third kappa shape index (κ3) is 4.16. The number of thioether (sulfide) groups is 1. The second kappa shape index (κ2) is 6.91. The summed E-state index contributed by atoms with van der Waals surface area (Å²) in [5.41, 5.74) is 5.65. The van der Waals surface area contributed by atoms with Gasteiger partial charge in [0, 0.05) is 4.90 Å². The molecule has 0 radical (unpaired) electrons. The van der Waals surface area contributed by atoms with Crippen molar-refractivity contribution < 1.29 is 0 Å². The molecule has 0 aromatic heterocycles. The van der Waals surface area contributed by atoms with Gasteiger partial charge in [-0.15, -0.1) is 11.8 Å². The first-order valence-electron chi connectivity index (χ1n) is 5.24. The maximum Gasteiger partial charge on any atom is 0.00719 e. The normalized spacial score (nSPS) is 12.7. The Morgan fingerprint density at radius 1 is 1.29 bits per heavy atom. The largest absolute Gasteiger partial charge is 0.330 e. The Balaban J connectivity index is 2.21. The molecule has 1 nitrogen and oxygen atoms in total. The summed E-state index contributed by atoms with van der Waals surface area (Å²) < 4.78 is 0. The molecule has 2 heteroatoms. The highest BCUT2D eigenvalue weighted by Gasteiger charge is 2.03. The van der Waals surface area contributed by atoms with Gasteiger partial charge in [-0.05, 0) is 36.8 Å². The molecule has 1 atom stereocenters. The van der Waals surface area contributed by atoms with Gasteiger partial charge < -0.3 is 5.73 Å². The van der Waals surface area contributed by atoms with E-state index in [-0.39, 0.29) is 0 Å². The average molecular weight is 209 g/mol. The molecule has 1 aromatic carbocycles. The highest BCUT2D eigenvalue weighted by Crippen LogP contribution is 2.20. The minimum atomic E-state index is 0.700. The average Bonchev–Trinajstić information content (AvgIpc) is 2.26. The molecule has 0 aliphatic rings. The quantitative estimate of drug-likeness (QED) is 0.728. The van der Waals surface area contributed by atoms with Gasteiger partial charge in [0.2, 0.25) is 0 Å². The summed E-state index contributed by atoms with van der Waals surface area (Å²) in [7, 11) is 0. The number of nitrogens with two attached hydrogens (primary N) is 1. The zero-order valence-corrected chi connectivity index (χ0v) is 9.59. The minimum absolute atomic E-state index is 0.700. The summed E-state index contributed by atoms with van der Waals surface area (Å²) in [5.74, 6) is 1.88. The van der Waals surface area contributed by atoms with Gasteiger partial charge in [0.1, 0.15) is 0 Å². The fourth-order valence-electron chi connectivity index (χ4n) is 1.35. The van der Waals surface area contributed by atoms with Crippen molar-refractivity contribution in [1.82, 2.24) is 0 Å². The van der Waals surface area contributed by atoms with Crippen LogP contribution in [0.15, 0.2) is 35.2 Å². The molecular weight excluding hydrogens is 190 g/mol. The van der Waals surface area contributed by atoms with Crippen LogP contribution >= 0.6 is 11.8 Å². The first-order valence-corrected chi connectivity index (χ1v) is 6.23. The molecule has 0 spiro atoms. The molecule has 78 valence electrons. The molecule has 0 aliphatic carbocycles. The highest BCUT2D eigenvalue weighted by molar-refractivity contribution is 7.99. The topological polar surface area (TPSA) is 26.0 Å². The van der Waals surface area contributed by atoms with Crippen molar-refractivity contribution in [2.75, 3.05) is 12.3 Å². The molecule has 1 unspecified atom stereocenters. The van der Waals surface area contributed by atoms with Gasteiger partial charge in [0.05, 0.1) is 0 Å². The fourth-order valence-corrected chi connectivity index (χ4v) is 2.39. The van der Waals surface area contributed by atoms with Crippen molar-refractivity contribution in [2.45, 2.75) is 24.7 Å². The Hall–Kier alpha value is -0.470. The van der Waals surface area contributed by atoms with Crippen molar-refractivity contribution in [2.24, 2.45) is 11.7 Å². The molecule has 1 aromatic rings. The van der Waals surface area contributed by atoms with Crippen LogP contribution in [0.5, 0.6) is 0 Å². The van der Waals surface area contributed by atoms with Crippen LogP contribution in [0.2, 0.25) is 0 Å². The van der Waals surface area contributed by atoms with Crippen LogP contribution in [0.25, 0.3) is 0 Å². The lowest BCUT2D eigenvalue weighted by Gasteiger charge is -2.10. The van der Waals surface area contributed by atoms with Crippen LogP contribution in [0.3, 0.4) is 0 Å². The summed E-state index contributed by atoms with van der Waals surface area (Å²) in [6.45, 7) is 3.04. The lowest BCUT2D eigenvalue weighted by Crippen LogP contribution is -2.13. The van der Waals surface area contributed by atoms with Gasteiger partial charge in [-0.2, -0.15) is 0 Å². The van der Waals surface area contributed by atoms with E-state index < -0.39 is 0 Å². The first-order chi connectivity index (χ1) is 6.86. The molecular formula is C12H19NS. The van der Waals surface area contributed by atoms with E-state index in [1.807, 2.05) is 11.8 Å². The van der Waals surface area contributed by atoms with Gasteiger partial charge in [-0.1, -0.05) is 31.5 Å². The van der Waals surface area contributed by atoms with Gasteiger partial charge in [-0.25, -0.2) is 0 Å². The third-order valence-electron chi connectivity index (χ3n) is 2.45. The third-order valence-corrected chi connectivity index (χ3v) is 3.49. The van der Waals surface area contributed by atoms with E-state index in [0.717, 1.165) is 6.54 Å². The van der Waals surface area contributed by atoms with Crippen LogP contribution in [-0.4, -0.2) is 12.3 Å². The smallest absolute Gasteiger partial charge is 0.00719 e. The van der Waals surface area contributed by atoms with E-state index in [9.17, 15) is 0 Å². The molecule has 0 fully saturated rings. The van der Waals surface area contributed by atoms with Crippen LogP contribution in [0.1, 0.15) is 19.8 Å². The number of rotatable bonds is 6. The molecule has 2 N–H and O–H groups in total. The Kier molecular flexibility index (Phi) is 5.72. The maximum absolute atomic E-state index is 5.65. The lowest BCUT2D eigenvalue weighted by molar-refractivity contribution is 0.509. The molecule has 0 amide bonds. The van der Waals surface area contributed by atoms with Crippen LogP contribution in [0, 0.1) is 5.92 Å². The van der Waals surface area contributed by atoms with Crippen molar-refractivity contribution >= 4 is 11.8 Å². The monoisotopic (exact) mass is 209 g/mol. The van der Waals surface area contributed by atoms with Gasteiger partial charge >= 0.3 is 0 Å². The Bertz CT molecular complexity index is 231. The molecule has 0 bridgehead atoms. The van der Waals surface area contributed by atoms with E-state index in [0.29, 0.717) is 5.92 Å². The molecule has 14 heavy (non-hydrogen) atoms. The predicted octanol–water partition coefficient (Wildman–Crippen LogP) is 3.15. The zero-order chi connectivity index (χ0) is 10.2. The van der Waals surface area contributed by atoms with Crippen LogP contribution < -0.4 is 5.73 Å². The van der Waals surface area contributed by atoms with Crippen molar-refractivity contribution in [3.63, 3.8) is 0 Å². The SMILES string of the molecule is CCC(CN)CCSc1ccccc1. The minimum Gasteiger partial charge on any atom is -0.330 e. The van der Waals surface area contributed by atoms with Crippen LogP contribution in [0.4, 0.5) is 0 Å². The predicted molar refractivity (Wildman–Crippen MR) is 64.6 cm³/mol. The van der Waals surface area contributed by atoms with Gasteiger partial charge in [-0.3, -0.25) is 0 Å². The molecule has 1 rings (SSSR count). The van der Waals surface area contributed by atoms with E-state index in [2.05, 4.69) is 37.3 Å². The standard InChI is InChI=1S/C12H19NS/c1-2-11(10-13)8-9-14-12-6-4-3-5-7-12/h3-7,11H,2,8-10,13H2,1H3. The fraction of sp³-hybridized carbons (Fsp3) is 0.500. The van der Waals surface area contributed by atoms with E-state index in [1.54, 1.807) is 0 Å². The summed E-state index contributed by atoms with van der Waals surface area (Å²) in [4.78, 5) is 1.36. The summed E-state index contributed by atoms with van der Waals surface area (Å²) in [6.07, 6.45) is 2.43. The lowest BCUT2D eigenvalue weighted by atomic mass is 10.0. The molecule has 0 heterocycles. The molecule has 0 saturated heterocycles. The highest BCUT2D eigenvalue weighted by atomic mass is 32.2. The van der Waals surface area contributed by atoms with Gasteiger partial charge in [0.15, 0.2) is 0 Å². The second-order valence-electron chi connectivity index (χ2n) is 3.46. The molecule has 0 saturated carbocycles. The van der Waals surface area contributed by atoms with E-state index >= 15 is 0 Å². The van der Waals surface area contributed by atoms with Crippen molar-refractivity contribution in [3.8, 4) is 0 Å². The zero-order valence-electron chi connectivity index (χ0n) is 8.78. The second-order valence-corrected chi connectivity index (χ2v) is 4.63. The molecule has 0 aliphatic heterocycles. The summed E-state index contributed by atoms with van der Waals surface area (Å²) in [5, 5.41) is 0. The Labute approximate surface area is 91.1 Å². The van der Waals surface area contributed by atoms with Crippen LogP contribution in [-0.2, 0) is 0 Å². The van der Waals surface area contributed by atoms with Crippen molar-refractivity contribution in [1.29, 1.82) is 0 Å². The van der Waals surface area contributed by atoms with Gasteiger partial charge in [0.25, 0.3) is 0 Å². The Morgan fingerprint density at radius 3 is 2.57 bits per heavy atom. The number of hydrogen-bond acceptors (Lipinski definition) is 2. The van der Waals surface area contributed by atoms with E-state index in [1.165, 1.54) is 23.5 Å². The Morgan fingerprint density at radius 2 is 2.00 bits per heavy atom. The summed E-state index contributed by atoms with van der Waals surface area (Å²) in [6, 6.07) is 10.5. The van der Waals surface area contributed by atoms with Crippen molar-refractivity contribution in [3.05, 3.63) is 30.3 Å². The van der Waals surface area contributed by atoms with E-state index in [4.69, 9.17) is 5.73 Å².